The van der Waals surface area contributed by atoms with E-state index in [9.17, 15) is 0 Å². The third kappa shape index (κ3) is 5.24. The summed E-state index contributed by atoms with van der Waals surface area (Å²) in [6.45, 7) is 0. The summed E-state index contributed by atoms with van der Waals surface area (Å²) in [7, 11) is 0. The maximum Gasteiger partial charge on any atom is -0.00206 e. The Labute approximate surface area is 370 Å². The molecule has 14 aromatic rings. The molecule has 0 saturated heterocycles. The minimum atomic E-state index is 1.19. The first-order valence-corrected chi connectivity index (χ1v) is 22.3. The highest BCUT2D eigenvalue weighted by atomic mass is 14.2. The molecule has 0 spiro atoms. The van der Waals surface area contributed by atoms with Crippen LogP contribution in [0, 0.1) is 0 Å². The van der Waals surface area contributed by atoms with Crippen molar-refractivity contribution in [2.75, 3.05) is 0 Å². The molecular weight excluding hydrogens is 769 g/mol. The third-order valence-electron chi connectivity index (χ3n) is 14.1. The van der Waals surface area contributed by atoms with E-state index in [1.807, 2.05) is 0 Å². The van der Waals surface area contributed by atoms with Crippen LogP contribution in [0.4, 0.5) is 0 Å². The first-order chi connectivity index (χ1) is 31.7. The molecule has 0 amide bonds. The summed E-state index contributed by atoms with van der Waals surface area (Å²) in [4.78, 5) is 0. The molecule has 0 atom stereocenters. The molecule has 14 rings (SSSR count). The van der Waals surface area contributed by atoms with Crippen LogP contribution in [0.5, 0.6) is 0 Å². The standard InChI is InChI=1S/C64H38/c1-3-10-47-36-49(24-18-39(47)8-1)52-16-7-17-56(55-32-27-46-23-21-42-13-6-15-44-29-35-58(55)64(46)61(42)44)62(52)51-30-33-54(59(38-51)50-25-19-40-9-2-4-11-48(40)37-50)53-31-26-45-22-20-41-12-5-14-43-28-34-57(53)63(45)60(41)43/h1-38H. The maximum absolute atomic E-state index is 2.48. The molecule has 64 heavy (non-hydrogen) atoms. The van der Waals surface area contributed by atoms with Gasteiger partial charge in [0.05, 0.1) is 0 Å². The SMILES string of the molecule is c1cc(-c2ccc3ccccc3c2)c(-c2ccc(-c3ccc4ccc5cccc6ccc3c4c56)c(-c3ccc4ccccc4c3)c2)c(-c2ccc3ccc4cccc5ccc2c3c45)c1. The van der Waals surface area contributed by atoms with Gasteiger partial charge < -0.3 is 0 Å². The van der Waals surface area contributed by atoms with Gasteiger partial charge >= 0.3 is 0 Å². The number of hydrogen-bond donors (Lipinski definition) is 0. The van der Waals surface area contributed by atoms with Crippen molar-refractivity contribution in [3.63, 3.8) is 0 Å². The number of rotatable bonds is 5. The van der Waals surface area contributed by atoms with Crippen molar-refractivity contribution in [3.8, 4) is 55.6 Å². The normalized spacial score (nSPS) is 12.1. The molecule has 0 aliphatic carbocycles. The highest BCUT2D eigenvalue weighted by Crippen LogP contribution is 2.49. The van der Waals surface area contributed by atoms with Gasteiger partial charge in [0.25, 0.3) is 0 Å². The quantitative estimate of drug-likeness (QED) is 0.152. The predicted molar refractivity (Wildman–Crippen MR) is 276 cm³/mol. The summed E-state index contributed by atoms with van der Waals surface area (Å²) in [6, 6.07) is 86.6. The third-order valence-corrected chi connectivity index (χ3v) is 14.1. The van der Waals surface area contributed by atoms with Gasteiger partial charge in [-0.25, -0.2) is 0 Å². The summed E-state index contributed by atoms with van der Waals surface area (Å²) < 4.78 is 0. The second kappa shape index (κ2) is 13.6. The zero-order chi connectivity index (χ0) is 41.9. The molecular formula is C64H38. The topological polar surface area (TPSA) is 0 Å². The predicted octanol–water partition coefficient (Wildman–Crippen LogP) is 18.1. The van der Waals surface area contributed by atoms with Crippen LogP contribution in [-0.4, -0.2) is 0 Å². The van der Waals surface area contributed by atoms with Gasteiger partial charge in [-0.1, -0.05) is 212 Å². The number of benzene rings is 14. The Kier molecular flexibility index (Phi) is 7.49. The van der Waals surface area contributed by atoms with Crippen molar-refractivity contribution in [2.45, 2.75) is 0 Å². The van der Waals surface area contributed by atoms with E-state index in [1.54, 1.807) is 0 Å². The zero-order valence-corrected chi connectivity index (χ0v) is 34.9. The smallest absolute Gasteiger partial charge is 0.00206 e. The number of hydrogen-bond acceptors (Lipinski definition) is 0. The summed E-state index contributed by atoms with van der Waals surface area (Å²) in [5, 5.41) is 20.5. The molecule has 0 heterocycles. The lowest BCUT2D eigenvalue weighted by molar-refractivity contribution is 1.56. The van der Waals surface area contributed by atoms with Gasteiger partial charge in [0.15, 0.2) is 0 Å². The first kappa shape index (κ1) is 35.3. The van der Waals surface area contributed by atoms with Gasteiger partial charge in [-0.15, -0.1) is 0 Å². The Morgan fingerprint density at radius 2 is 0.547 bits per heavy atom. The van der Waals surface area contributed by atoms with E-state index in [2.05, 4.69) is 231 Å². The molecule has 0 fully saturated rings. The van der Waals surface area contributed by atoms with Gasteiger partial charge in [0.1, 0.15) is 0 Å². The summed E-state index contributed by atoms with van der Waals surface area (Å²) in [5.41, 5.74) is 12.2. The Morgan fingerprint density at radius 1 is 0.172 bits per heavy atom. The molecule has 0 saturated carbocycles. The minimum Gasteiger partial charge on any atom is -0.0616 e. The Bertz CT molecular complexity index is 4160. The molecule has 0 aliphatic rings. The highest BCUT2D eigenvalue weighted by Gasteiger charge is 2.22. The van der Waals surface area contributed by atoms with E-state index in [4.69, 9.17) is 0 Å². The lowest BCUT2D eigenvalue weighted by Gasteiger charge is -2.21. The number of fused-ring (bicyclic) bond motifs is 2. The summed E-state index contributed by atoms with van der Waals surface area (Å²) >= 11 is 0. The van der Waals surface area contributed by atoms with Crippen LogP contribution in [0.3, 0.4) is 0 Å². The van der Waals surface area contributed by atoms with Crippen LogP contribution in [0.2, 0.25) is 0 Å². The van der Waals surface area contributed by atoms with Crippen molar-refractivity contribution in [1.29, 1.82) is 0 Å². The molecule has 0 nitrogen and oxygen atoms in total. The zero-order valence-electron chi connectivity index (χ0n) is 34.9. The van der Waals surface area contributed by atoms with E-state index in [0.717, 1.165) is 0 Å². The van der Waals surface area contributed by atoms with E-state index in [-0.39, 0.29) is 0 Å². The van der Waals surface area contributed by atoms with Gasteiger partial charge in [-0.2, -0.15) is 0 Å². The van der Waals surface area contributed by atoms with Crippen LogP contribution < -0.4 is 0 Å². The van der Waals surface area contributed by atoms with Crippen molar-refractivity contribution in [3.05, 3.63) is 231 Å². The van der Waals surface area contributed by atoms with Crippen LogP contribution >= 0.6 is 0 Å². The fraction of sp³-hybridized carbons (Fsp3) is 0. The Balaban J connectivity index is 1.08. The summed E-state index contributed by atoms with van der Waals surface area (Å²) in [5.74, 6) is 0. The minimum absolute atomic E-state index is 1.19. The second-order valence-electron chi connectivity index (χ2n) is 17.6. The van der Waals surface area contributed by atoms with Crippen LogP contribution in [-0.2, 0) is 0 Å². The average Bonchev–Trinajstić information content (AvgIpc) is 3.36. The van der Waals surface area contributed by atoms with Crippen molar-refractivity contribution >= 4 is 86.2 Å². The Morgan fingerprint density at radius 3 is 1.11 bits per heavy atom. The first-order valence-electron chi connectivity index (χ1n) is 22.3. The molecule has 0 heteroatoms. The van der Waals surface area contributed by atoms with Gasteiger partial charge in [0, 0.05) is 0 Å². The monoisotopic (exact) mass is 806 g/mol. The van der Waals surface area contributed by atoms with Crippen molar-refractivity contribution in [2.24, 2.45) is 0 Å². The van der Waals surface area contributed by atoms with Crippen LogP contribution in [0.15, 0.2) is 231 Å². The van der Waals surface area contributed by atoms with Gasteiger partial charge in [-0.3, -0.25) is 0 Å². The largest absolute Gasteiger partial charge is 0.0616 e. The van der Waals surface area contributed by atoms with Gasteiger partial charge in [-0.05, 0) is 160 Å². The molecule has 0 aromatic heterocycles. The summed E-state index contributed by atoms with van der Waals surface area (Å²) in [6.07, 6.45) is 0. The maximum atomic E-state index is 2.48. The highest BCUT2D eigenvalue weighted by molar-refractivity contribution is 6.27. The molecule has 0 bridgehead atoms. The van der Waals surface area contributed by atoms with Crippen molar-refractivity contribution in [1.82, 2.24) is 0 Å². The molecule has 0 aliphatic heterocycles. The Hall–Kier alpha value is -8.32. The van der Waals surface area contributed by atoms with Crippen molar-refractivity contribution < 1.29 is 0 Å². The fourth-order valence-electron chi connectivity index (χ4n) is 11.2. The fourth-order valence-corrected chi connectivity index (χ4v) is 11.2. The molecule has 14 aromatic carbocycles. The van der Waals surface area contributed by atoms with E-state index in [0.29, 0.717) is 0 Å². The van der Waals surface area contributed by atoms with E-state index < -0.39 is 0 Å². The van der Waals surface area contributed by atoms with E-state index in [1.165, 1.54) is 142 Å². The van der Waals surface area contributed by atoms with Gasteiger partial charge in [0.2, 0.25) is 0 Å². The molecule has 0 unspecified atom stereocenters. The second-order valence-corrected chi connectivity index (χ2v) is 17.6. The van der Waals surface area contributed by atoms with E-state index >= 15 is 0 Å². The molecule has 294 valence electrons. The van der Waals surface area contributed by atoms with Crippen LogP contribution in [0.1, 0.15) is 0 Å². The lowest BCUT2D eigenvalue weighted by atomic mass is 9.82. The average molecular weight is 807 g/mol. The lowest BCUT2D eigenvalue weighted by Crippen LogP contribution is -1.95. The molecule has 0 radical (unpaired) electrons. The van der Waals surface area contributed by atoms with Crippen LogP contribution in [0.25, 0.3) is 142 Å². The molecule has 0 N–H and O–H groups in total.